The van der Waals surface area contributed by atoms with Gasteiger partial charge in [-0.05, 0) is 39.3 Å². The van der Waals surface area contributed by atoms with E-state index in [1.807, 2.05) is 0 Å². The zero-order valence-corrected chi connectivity index (χ0v) is 18.7. The lowest BCUT2D eigenvalue weighted by atomic mass is 9.93. The predicted octanol–water partition coefficient (Wildman–Crippen LogP) is 4.40. The minimum atomic E-state index is -0.810. The molecule has 0 radical (unpaired) electrons. The summed E-state index contributed by atoms with van der Waals surface area (Å²) in [5.74, 6) is -1.23. The number of hydrogen-bond donors (Lipinski definition) is 0. The van der Waals surface area contributed by atoms with E-state index < -0.39 is 30.2 Å². The Labute approximate surface area is 180 Å². The van der Waals surface area contributed by atoms with Crippen LogP contribution in [0.15, 0.2) is 29.5 Å². The Morgan fingerprint density at radius 2 is 1.76 bits per heavy atom. The second kappa shape index (κ2) is 8.63. The van der Waals surface area contributed by atoms with Gasteiger partial charge in [-0.1, -0.05) is 35.3 Å². The lowest BCUT2D eigenvalue weighted by Crippen LogP contribution is -2.47. The van der Waals surface area contributed by atoms with Gasteiger partial charge in [-0.15, -0.1) is 0 Å². The van der Waals surface area contributed by atoms with Gasteiger partial charge in [0, 0.05) is 19.8 Å². The molecule has 1 aromatic rings. The van der Waals surface area contributed by atoms with Gasteiger partial charge in [0.05, 0.1) is 27.1 Å². The van der Waals surface area contributed by atoms with E-state index in [0.717, 1.165) is 0 Å². The Balaban J connectivity index is 2.38. The summed E-state index contributed by atoms with van der Waals surface area (Å²) in [6, 6.07) is 3.86. The van der Waals surface area contributed by atoms with Crippen molar-refractivity contribution in [3.05, 3.63) is 45.1 Å². The van der Waals surface area contributed by atoms with Gasteiger partial charge in [-0.2, -0.15) is 0 Å². The van der Waals surface area contributed by atoms with E-state index in [0.29, 0.717) is 16.3 Å². The Morgan fingerprint density at radius 1 is 1.14 bits per heavy atom. The van der Waals surface area contributed by atoms with Crippen molar-refractivity contribution in [2.75, 3.05) is 20.9 Å². The number of nitrogens with zero attached hydrogens (tertiary/aromatic N) is 2. The maximum absolute atomic E-state index is 12.9. The standard InChI is InChI=1S/C20H24Cl2N2O5/c1-11-14(17(25)28-10-29-18(26)20(2,3)4)16(24(6)19(27)23(11)5)12-8-7-9-13(21)15(12)22/h7-9,16H,10H2,1-6H3/t16-/m0/s1. The summed E-state index contributed by atoms with van der Waals surface area (Å²) in [5.41, 5.74) is 0.365. The van der Waals surface area contributed by atoms with Crippen LogP contribution in [0.1, 0.15) is 39.3 Å². The summed E-state index contributed by atoms with van der Waals surface area (Å²) in [6.07, 6.45) is 0. The number of urea groups is 1. The molecular weight excluding hydrogens is 419 g/mol. The van der Waals surface area contributed by atoms with Gasteiger partial charge in [-0.3, -0.25) is 4.79 Å². The van der Waals surface area contributed by atoms with E-state index in [2.05, 4.69) is 0 Å². The molecule has 0 aromatic heterocycles. The van der Waals surface area contributed by atoms with Gasteiger partial charge in [-0.25, -0.2) is 9.59 Å². The van der Waals surface area contributed by atoms with Crippen LogP contribution in [0.25, 0.3) is 0 Å². The van der Waals surface area contributed by atoms with Crippen LogP contribution in [0.5, 0.6) is 0 Å². The smallest absolute Gasteiger partial charge is 0.341 e. The highest BCUT2D eigenvalue weighted by Gasteiger charge is 2.40. The normalized spacial score (nSPS) is 17.5. The first-order valence-corrected chi connectivity index (χ1v) is 9.63. The van der Waals surface area contributed by atoms with Crippen molar-refractivity contribution in [2.45, 2.75) is 33.7 Å². The zero-order chi connectivity index (χ0) is 22.1. The fraction of sp³-hybridized carbons (Fsp3) is 0.450. The zero-order valence-electron chi connectivity index (χ0n) is 17.2. The van der Waals surface area contributed by atoms with Crippen LogP contribution in [-0.2, 0) is 19.1 Å². The molecule has 1 heterocycles. The van der Waals surface area contributed by atoms with E-state index in [-0.39, 0.29) is 16.6 Å². The fourth-order valence-corrected chi connectivity index (χ4v) is 3.26. The lowest BCUT2D eigenvalue weighted by Gasteiger charge is -2.39. The molecule has 1 aliphatic heterocycles. The van der Waals surface area contributed by atoms with Crippen molar-refractivity contribution in [3.63, 3.8) is 0 Å². The largest absolute Gasteiger partial charge is 0.427 e. The molecule has 29 heavy (non-hydrogen) atoms. The molecule has 0 unspecified atom stereocenters. The number of likely N-dealkylation sites (N-methyl/N-ethyl adjacent to an activating group) is 1. The Morgan fingerprint density at radius 3 is 2.34 bits per heavy atom. The molecule has 0 N–H and O–H groups in total. The molecule has 0 aliphatic carbocycles. The number of halogens is 2. The number of carbonyl (C=O) groups is 3. The first-order valence-electron chi connectivity index (χ1n) is 8.87. The highest BCUT2D eigenvalue weighted by atomic mass is 35.5. The van der Waals surface area contributed by atoms with Gasteiger partial charge in [0.2, 0.25) is 6.79 Å². The number of benzene rings is 1. The number of carbonyl (C=O) groups excluding carboxylic acids is 3. The van der Waals surface area contributed by atoms with Gasteiger partial charge >= 0.3 is 18.0 Å². The number of rotatable bonds is 4. The number of ether oxygens (including phenoxy) is 2. The van der Waals surface area contributed by atoms with Crippen LogP contribution in [0.2, 0.25) is 10.0 Å². The van der Waals surface area contributed by atoms with Crippen LogP contribution < -0.4 is 0 Å². The second-order valence-corrected chi connectivity index (χ2v) is 8.51. The molecule has 0 bridgehead atoms. The molecule has 1 aliphatic rings. The number of allylic oxidation sites excluding steroid dienone is 1. The minimum Gasteiger partial charge on any atom is -0.427 e. The fourth-order valence-electron chi connectivity index (χ4n) is 2.85. The summed E-state index contributed by atoms with van der Waals surface area (Å²) in [7, 11) is 3.11. The molecular formula is C20H24Cl2N2O5. The molecule has 2 amide bonds. The van der Waals surface area contributed by atoms with Crippen molar-refractivity contribution >= 4 is 41.2 Å². The van der Waals surface area contributed by atoms with E-state index >= 15 is 0 Å². The molecule has 0 saturated carbocycles. The van der Waals surface area contributed by atoms with Crippen molar-refractivity contribution in [1.82, 2.24) is 9.80 Å². The van der Waals surface area contributed by atoms with E-state index in [1.54, 1.807) is 60.0 Å². The van der Waals surface area contributed by atoms with Crippen molar-refractivity contribution in [2.24, 2.45) is 5.41 Å². The van der Waals surface area contributed by atoms with Crippen LogP contribution in [0.3, 0.4) is 0 Å². The quantitative estimate of drug-likeness (QED) is 0.510. The van der Waals surface area contributed by atoms with Crippen LogP contribution >= 0.6 is 23.2 Å². The summed E-state index contributed by atoms with van der Waals surface area (Å²) in [6.45, 7) is 6.17. The first-order chi connectivity index (χ1) is 13.4. The Kier molecular flexibility index (Phi) is 6.86. The molecule has 0 saturated heterocycles. The maximum atomic E-state index is 12.9. The van der Waals surface area contributed by atoms with Crippen LogP contribution in [0, 0.1) is 5.41 Å². The van der Waals surface area contributed by atoms with Gasteiger partial charge in [0.25, 0.3) is 0 Å². The summed E-state index contributed by atoms with van der Waals surface area (Å²) < 4.78 is 10.2. The number of amides is 2. The Bertz CT molecular complexity index is 876. The molecule has 2 rings (SSSR count). The SMILES string of the molecule is CC1=C(C(=O)OCOC(=O)C(C)(C)C)[C@H](c2cccc(Cl)c2Cl)N(C)C(=O)N1C. The van der Waals surface area contributed by atoms with Crippen molar-refractivity contribution in [1.29, 1.82) is 0 Å². The molecule has 1 atom stereocenters. The summed E-state index contributed by atoms with van der Waals surface area (Å²) in [4.78, 5) is 40.1. The van der Waals surface area contributed by atoms with Gasteiger partial charge in [0.15, 0.2) is 0 Å². The highest BCUT2D eigenvalue weighted by Crippen LogP contribution is 2.41. The lowest BCUT2D eigenvalue weighted by molar-refractivity contribution is -0.171. The highest BCUT2D eigenvalue weighted by molar-refractivity contribution is 6.42. The molecule has 9 heteroatoms. The third-order valence-electron chi connectivity index (χ3n) is 4.63. The maximum Gasteiger partial charge on any atom is 0.341 e. The molecule has 0 fully saturated rings. The topological polar surface area (TPSA) is 76.1 Å². The average molecular weight is 443 g/mol. The van der Waals surface area contributed by atoms with E-state index in [4.69, 9.17) is 32.7 Å². The van der Waals surface area contributed by atoms with Gasteiger partial charge in [0.1, 0.15) is 0 Å². The molecule has 158 valence electrons. The van der Waals surface area contributed by atoms with Gasteiger partial charge < -0.3 is 19.3 Å². The van der Waals surface area contributed by atoms with Crippen molar-refractivity contribution < 1.29 is 23.9 Å². The Hall–Kier alpha value is -2.25. The van der Waals surface area contributed by atoms with Crippen LogP contribution in [0.4, 0.5) is 4.79 Å². The predicted molar refractivity (Wildman–Crippen MR) is 109 cm³/mol. The monoisotopic (exact) mass is 442 g/mol. The summed E-state index contributed by atoms with van der Waals surface area (Å²) >= 11 is 12.5. The van der Waals surface area contributed by atoms with E-state index in [1.165, 1.54) is 9.80 Å². The first kappa shape index (κ1) is 23.0. The average Bonchev–Trinajstić information content (AvgIpc) is 2.64. The summed E-state index contributed by atoms with van der Waals surface area (Å²) in [5, 5.41) is 0.536. The molecule has 0 spiro atoms. The third kappa shape index (κ3) is 4.67. The van der Waals surface area contributed by atoms with E-state index in [9.17, 15) is 14.4 Å². The molecule has 1 aromatic carbocycles. The third-order valence-corrected chi connectivity index (χ3v) is 5.46. The minimum absolute atomic E-state index is 0.200. The number of hydrogen-bond acceptors (Lipinski definition) is 5. The molecule has 7 nitrogen and oxygen atoms in total. The van der Waals surface area contributed by atoms with Crippen LogP contribution in [-0.4, -0.2) is 48.7 Å². The van der Waals surface area contributed by atoms with Crippen molar-refractivity contribution in [3.8, 4) is 0 Å². The number of esters is 2. The second-order valence-electron chi connectivity index (χ2n) is 7.73.